The van der Waals surface area contributed by atoms with Gasteiger partial charge in [0.2, 0.25) is 0 Å². The van der Waals surface area contributed by atoms with Crippen LogP contribution in [-0.4, -0.2) is 15.0 Å². The molecule has 0 aliphatic carbocycles. The van der Waals surface area contributed by atoms with Crippen molar-refractivity contribution in [3.05, 3.63) is 181 Å². The van der Waals surface area contributed by atoms with Gasteiger partial charge in [-0.05, 0) is 45.5 Å². The van der Waals surface area contributed by atoms with Crippen molar-refractivity contribution >= 4 is 6.08 Å². The van der Waals surface area contributed by atoms with Gasteiger partial charge in [-0.2, -0.15) is 0 Å². The molecule has 0 radical (unpaired) electrons. The summed E-state index contributed by atoms with van der Waals surface area (Å²) in [6, 6.07) is 46.8. The smallest absolute Gasteiger partial charge is 0.164 e. The summed E-state index contributed by atoms with van der Waals surface area (Å²) < 4.78 is 0. The molecule has 0 atom stereocenters. The number of hydrogen-bond donors (Lipinski definition) is 0. The number of benzene rings is 5. The summed E-state index contributed by atoms with van der Waals surface area (Å²) in [5.74, 6) is 1.89. The highest BCUT2D eigenvalue weighted by atomic mass is 15.0. The first-order valence-electron chi connectivity index (χ1n) is 15.2. The molecule has 0 aliphatic rings. The van der Waals surface area contributed by atoms with Crippen LogP contribution in [0.15, 0.2) is 164 Å². The van der Waals surface area contributed by atoms with Crippen molar-refractivity contribution in [2.75, 3.05) is 0 Å². The van der Waals surface area contributed by atoms with Crippen molar-refractivity contribution in [2.24, 2.45) is 0 Å². The van der Waals surface area contributed by atoms with Crippen LogP contribution in [0.5, 0.6) is 0 Å². The van der Waals surface area contributed by atoms with Crippen LogP contribution >= 0.6 is 0 Å². The minimum atomic E-state index is -0.192. The summed E-state index contributed by atoms with van der Waals surface area (Å²) in [5.41, 5.74) is 9.04. The summed E-state index contributed by atoms with van der Waals surface area (Å²) >= 11 is 0. The average Bonchev–Trinajstić information content (AvgIpc) is 3.11. The molecule has 0 amide bonds. The lowest BCUT2D eigenvalue weighted by molar-refractivity contribution is 0.641. The third kappa shape index (κ3) is 6.79. The first-order valence-corrected chi connectivity index (χ1v) is 15.2. The number of allylic oxidation sites excluding steroid dienone is 4. The number of nitrogens with zero attached hydrogens (tertiary/aromatic N) is 3. The highest BCUT2D eigenvalue weighted by Gasteiger charge is 2.23. The second-order valence-electron chi connectivity index (χ2n) is 11.4. The van der Waals surface area contributed by atoms with E-state index >= 15 is 0 Å². The minimum absolute atomic E-state index is 0.192. The maximum atomic E-state index is 4.84. The van der Waals surface area contributed by atoms with Crippen molar-refractivity contribution in [2.45, 2.75) is 19.3 Å². The number of aromatic nitrogens is 3. The quantitative estimate of drug-likeness (QED) is 0.159. The van der Waals surface area contributed by atoms with E-state index in [2.05, 4.69) is 124 Å². The molecule has 6 aromatic rings. The van der Waals surface area contributed by atoms with Crippen LogP contribution in [0.3, 0.4) is 0 Å². The average molecular weight is 582 g/mol. The first kappa shape index (κ1) is 29.4. The van der Waals surface area contributed by atoms with E-state index in [1.54, 1.807) is 6.08 Å². The molecule has 218 valence electrons. The Balaban J connectivity index is 1.26. The molecule has 0 saturated carbocycles. The molecule has 0 saturated heterocycles. The van der Waals surface area contributed by atoms with E-state index in [0.717, 1.165) is 11.1 Å². The van der Waals surface area contributed by atoms with E-state index in [-0.39, 0.29) is 5.41 Å². The molecule has 0 unspecified atom stereocenters. The van der Waals surface area contributed by atoms with Gasteiger partial charge in [-0.15, -0.1) is 0 Å². The molecule has 0 bridgehead atoms. The third-order valence-corrected chi connectivity index (χ3v) is 8.06. The fourth-order valence-electron chi connectivity index (χ4n) is 5.39. The molecule has 0 N–H and O–H groups in total. The zero-order valence-corrected chi connectivity index (χ0v) is 25.6. The monoisotopic (exact) mass is 581 g/mol. The van der Waals surface area contributed by atoms with Gasteiger partial charge in [-0.3, -0.25) is 0 Å². The largest absolute Gasteiger partial charge is 0.209 e. The van der Waals surface area contributed by atoms with Gasteiger partial charge in [0.1, 0.15) is 0 Å². The van der Waals surface area contributed by atoms with Crippen LogP contribution in [0.25, 0.3) is 51.1 Å². The van der Waals surface area contributed by atoms with Crippen molar-refractivity contribution in [1.29, 1.82) is 0 Å². The van der Waals surface area contributed by atoms with E-state index in [4.69, 9.17) is 15.0 Å². The Morgan fingerprint density at radius 2 is 0.933 bits per heavy atom. The molecule has 0 fully saturated rings. The zero-order valence-electron chi connectivity index (χ0n) is 25.6. The second kappa shape index (κ2) is 13.3. The Bertz CT molecular complexity index is 1950. The Morgan fingerprint density at radius 1 is 0.467 bits per heavy atom. The van der Waals surface area contributed by atoms with Crippen LogP contribution in [-0.2, 0) is 5.41 Å². The fourth-order valence-corrected chi connectivity index (χ4v) is 5.39. The summed E-state index contributed by atoms with van der Waals surface area (Å²) in [6.45, 7) is 8.26. The summed E-state index contributed by atoms with van der Waals surface area (Å²) in [4.78, 5) is 14.3. The topological polar surface area (TPSA) is 38.7 Å². The molecule has 1 heterocycles. The maximum absolute atomic E-state index is 4.84. The van der Waals surface area contributed by atoms with Gasteiger partial charge >= 0.3 is 0 Å². The summed E-state index contributed by atoms with van der Waals surface area (Å²) in [6.07, 6.45) is 9.31. The Labute approximate surface area is 266 Å². The minimum Gasteiger partial charge on any atom is -0.209 e. The van der Waals surface area contributed by atoms with Crippen LogP contribution < -0.4 is 0 Å². The van der Waals surface area contributed by atoms with Crippen molar-refractivity contribution < 1.29 is 0 Å². The van der Waals surface area contributed by atoms with Crippen LogP contribution in [0.1, 0.15) is 30.8 Å². The predicted octanol–water partition coefficient (Wildman–Crippen LogP) is 10.6. The fraction of sp³-hybridized carbons (Fsp3) is 0.0714. The normalized spacial score (nSPS) is 11.7. The zero-order chi connectivity index (χ0) is 31.1. The van der Waals surface area contributed by atoms with Gasteiger partial charge in [0.15, 0.2) is 17.5 Å². The van der Waals surface area contributed by atoms with Gasteiger partial charge in [-0.25, -0.2) is 15.0 Å². The Morgan fingerprint density at radius 3 is 1.49 bits per heavy atom. The van der Waals surface area contributed by atoms with E-state index in [0.29, 0.717) is 17.5 Å². The van der Waals surface area contributed by atoms with Gasteiger partial charge < -0.3 is 0 Å². The molecule has 6 rings (SSSR count). The highest BCUT2D eigenvalue weighted by molar-refractivity contribution is 5.73. The molecule has 0 spiro atoms. The first-order chi connectivity index (χ1) is 22.0. The van der Waals surface area contributed by atoms with Gasteiger partial charge in [0, 0.05) is 16.5 Å². The van der Waals surface area contributed by atoms with E-state index < -0.39 is 0 Å². The Kier molecular flexibility index (Phi) is 8.70. The molecule has 3 heteroatoms. The van der Waals surface area contributed by atoms with E-state index in [9.17, 15) is 0 Å². The molecule has 5 aromatic carbocycles. The third-order valence-electron chi connectivity index (χ3n) is 8.06. The lowest BCUT2D eigenvalue weighted by Crippen LogP contribution is -2.18. The van der Waals surface area contributed by atoms with Crippen LogP contribution in [0, 0.1) is 0 Å². The second-order valence-corrected chi connectivity index (χ2v) is 11.4. The number of rotatable bonds is 9. The molecular formula is C42H35N3. The summed E-state index contributed by atoms with van der Waals surface area (Å²) in [7, 11) is 0. The maximum Gasteiger partial charge on any atom is 0.164 e. The van der Waals surface area contributed by atoms with Crippen molar-refractivity contribution in [3.8, 4) is 45.0 Å². The SMILES string of the molecule is C=C/C=C\C=C\c1nc(-c2ccccc2)nc(-c2ccc(C(C)(C)c3ccc(-c4cccc(-c5ccccc5)c4)cc3)cc2)n1. The standard InChI is InChI=1S/C42H35N3/c1-4-5-6-13-21-39-43-40(33-17-11-8-12-18-33)45-41(44-39)34-24-28-38(29-25-34)42(2,3)37-26-22-32(23-27-37)36-20-14-19-35(30-36)31-15-9-7-10-16-31/h4-30H,1H2,2-3H3/b6-5-,21-13+. The van der Waals surface area contributed by atoms with Gasteiger partial charge in [0.25, 0.3) is 0 Å². The Hall–Kier alpha value is -5.67. The molecule has 1 aromatic heterocycles. The van der Waals surface area contributed by atoms with Crippen molar-refractivity contribution in [1.82, 2.24) is 15.0 Å². The predicted molar refractivity (Wildman–Crippen MR) is 189 cm³/mol. The lowest BCUT2D eigenvalue weighted by atomic mass is 9.77. The molecule has 3 nitrogen and oxygen atoms in total. The molecular weight excluding hydrogens is 546 g/mol. The van der Waals surface area contributed by atoms with Crippen molar-refractivity contribution in [3.63, 3.8) is 0 Å². The van der Waals surface area contributed by atoms with Gasteiger partial charge in [0.05, 0.1) is 0 Å². The lowest BCUT2D eigenvalue weighted by Gasteiger charge is -2.26. The molecule has 45 heavy (non-hydrogen) atoms. The number of hydrogen-bond acceptors (Lipinski definition) is 3. The van der Waals surface area contributed by atoms with Crippen LogP contribution in [0.4, 0.5) is 0 Å². The van der Waals surface area contributed by atoms with E-state index in [1.165, 1.54) is 33.4 Å². The summed E-state index contributed by atoms with van der Waals surface area (Å²) in [5, 5.41) is 0. The molecule has 0 aliphatic heterocycles. The van der Waals surface area contributed by atoms with E-state index in [1.807, 2.05) is 54.6 Å². The van der Waals surface area contributed by atoms with Crippen LogP contribution in [0.2, 0.25) is 0 Å². The highest BCUT2D eigenvalue weighted by Crippen LogP contribution is 2.34. The van der Waals surface area contributed by atoms with Gasteiger partial charge in [-0.1, -0.05) is 172 Å².